The molecular formula is C20H18F3NO5. The Morgan fingerprint density at radius 1 is 1.34 bits per heavy atom. The Balaban J connectivity index is 2.59. The van der Waals surface area contributed by atoms with Crippen molar-refractivity contribution in [3.05, 3.63) is 39.5 Å². The molecule has 0 radical (unpaired) electrons. The van der Waals surface area contributed by atoms with Crippen LogP contribution < -0.4 is 5.32 Å². The fourth-order valence-electron chi connectivity index (χ4n) is 3.01. The van der Waals surface area contributed by atoms with Gasteiger partial charge in [0.15, 0.2) is 0 Å². The molecule has 1 aromatic rings. The van der Waals surface area contributed by atoms with Gasteiger partial charge < -0.3 is 15.2 Å². The number of alkyl halides is 3. The standard InChI is InChI=1S/C20H18F3NO5/c1-4-12-11(3)14-9-29-18(27)16(14)17(24-19(28)20(21,22)23)13(12)7-5-10(2)6-8-15(25)26/h1,5H,6-9H2,2-3H3,(H,24,28)(H,25,26). The van der Waals surface area contributed by atoms with E-state index in [0.29, 0.717) is 16.7 Å². The average Bonchev–Trinajstić information content (AvgIpc) is 3.01. The summed E-state index contributed by atoms with van der Waals surface area (Å²) in [4.78, 5) is 34.4. The summed E-state index contributed by atoms with van der Waals surface area (Å²) in [5, 5.41) is 10.5. The van der Waals surface area contributed by atoms with Gasteiger partial charge in [0.25, 0.3) is 0 Å². The fourth-order valence-corrected chi connectivity index (χ4v) is 3.01. The van der Waals surface area contributed by atoms with Crippen molar-refractivity contribution in [1.82, 2.24) is 0 Å². The van der Waals surface area contributed by atoms with Crippen LogP contribution in [-0.4, -0.2) is 29.1 Å². The van der Waals surface area contributed by atoms with E-state index in [4.69, 9.17) is 16.3 Å². The zero-order valence-electron chi connectivity index (χ0n) is 15.7. The normalized spacial score (nSPS) is 13.5. The Bertz CT molecular complexity index is 955. The predicted molar refractivity (Wildman–Crippen MR) is 97.2 cm³/mol. The largest absolute Gasteiger partial charge is 0.481 e. The highest BCUT2D eigenvalue weighted by molar-refractivity contribution is 6.06. The summed E-state index contributed by atoms with van der Waals surface area (Å²) in [6.45, 7) is 3.13. The number of rotatable bonds is 6. The number of carboxylic acids is 1. The van der Waals surface area contributed by atoms with E-state index >= 15 is 0 Å². The van der Waals surface area contributed by atoms with Crippen molar-refractivity contribution in [1.29, 1.82) is 0 Å². The summed E-state index contributed by atoms with van der Waals surface area (Å²) in [6.07, 6.45) is 2.12. The highest BCUT2D eigenvalue weighted by Crippen LogP contribution is 2.38. The molecule has 1 aliphatic heterocycles. The van der Waals surface area contributed by atoms with Gasteiger partial charge in [0, 0.05) is 17.5 Å². The first-order valence-corrected chi connectivity index (χ1v) is 8.55. The first-order valence-electron chi connectivity index (χ1n) is 8.55. The third-order valence-electron chi connectivity index (χ3n) is 4.56. The van der Waals surface area contributed by atoms with Gasteiger partial charge in [-0.15, -0.1) is 6.42 Å². The molecule has 9 heteroatoms. The average molecular weight is 409 g/mol. The quantitative estimate of drug-likeness (QED) is 0.426. The highest BCUT2D eigenvalue weighted by Gasteiger charge is 2.41. The first-order chi connectivity index (χ1) is 13.5. The number of halogens is 3. The van der Waals surface area contributed by atoms with Crippen LogP contribution in [0.5, 0.6) is 0 Å². The lowest BCUT2D eigenvalue weighted by Crippen LogP contribution is -2.31. The first kappa shape index (κ1) is 22.0. The maximum absolute atomic E-state index is 12.8. The molecule has 29 heavy (non-hydrogen) atoms. The Morgan fingerprint density at radius 2 is 2.00 bits per heavy atom. The molecule has 2 rings (SSSR count). The van der Waals surface area contributed by atoms with Gasteiger partial charge in [0.05, 0.1) is 11.3 Å². The lowest BCUT2D eigenvalue weighted by atomic mass is 9.89. The highest BCUT2D eigenvalue weighted by atomic mass is 19.4. The van der Waals surface area contributed by atoms with Crippen molar-refractivity contribution >= 4 is 23.5 Å². The SMILES string of the molecule is C#Cc1c(C)c2c(c(NC(=O)C(F)(F)F)c1CC=C(C)CCC(=O)O)C(=O)OC2. The van der Waals surface area contributed by atoms with Crippen molar-refractivity contribution < 1.29 is 37.4 Å². The smallest absolute Gasteiger partial charge is 0.471 e. The molecule has 2 N–H and O–H groups in total. The van der Waals surface area contributed by atoms with E-state index in [1.54, 1.807) is 25.2 Å². The number of benzene rings is 1. The van der Waals surface area contributed by atoms with Gasteiger partial charge in [-0.05, 0) is 37.8 Å². The molecule has 0 unspecified atom stereocenters. The fraction of sp³-hybridized carbons (Fsp3) is 0.350. The molecular weight excluding hydrogens is 391 g/mol. The Kier molecular flexibility index (Phi) is 6.37. The van der Waals surface area contributed by atoms with Crippen LogP contribution in [0.25, 0.3) is 0 Å². The number of cyclic esters (lactones) is 1. The third kappa shape index (κ3) is 4.77. The number of hydrogen-bond acceptors (Lipinski definition) is 4. The number of ether oxygens (including phenoxy) is 1. The number of carbonyl (C=O) groups excluding carboxylic acids is 2. The van der Waals surface area contributed by atoms with Gasteiger partial charge in [-0.25, -0.2) is 4.79 Å². The van der Waals surface area contributed by atoms with Crippen LogP contribution in [0.1, 0.15) is 52.4 Å². The number of nitrogens with one attached hydrogen (secondary N) is 1. The molecule has 0 bridgehead atoms. The third-order valence-corrected chi connectivity index (χ3v) is 4.56. The molecule has 1 heterocycles. The van der Waals surface area contributed by atoms with E-state index in [9.17, 15) is 27.6 Å². The lowest BCUT2D eigenvalue weighted by Gasteiger charge is -2.18. The molecule has 0 spiro atoms. The summed E-state index contributed by atoms with van der Waals surface area (Å²) >= 11 is 0. The topological polar surface area (TPSA) is 92.7 Å². The Hall–Kier alpha value is -3.28. The van der Waals surface area contributed by atoms with Gasteiger partial charge in [0.1, 0.15) is 6.61 Å². The van der Waals surface area contributed by atoms with E-state index in [1.807, 2.05) is 0 Å². The minimum atomic E-state index is -5.17. The zero-order chi connectivity index (χ0) is 21.9. The van der Waals surface area contributed by atoms with Crippen LogP contribution in [0.2, 0.25) is 0 Å². The number of amides is 1. The number of anilines is 1. The van der Waals surface area contributed by atoms with Gasteiger partial charge in [-0.2, -0.15) is 13.2 Å². The number of carboxylic acid groups (broad SMARTS) is 1. The van der Waals surface area contributed by atoms with Crippen LogP contribution in [0.4, 0.5) is 18.9 Å². The number of terminal acetylenes is 1. The van der Waals surface area contributed by atoms with Crippen molar-refractivity contribution in [2.75, 3.05) is 5.32 Å². The molecule has 6 nitrogen and oxygen atoms in total. The molecule has 0 fully saturated rings. The number of allylic oxidation sites excluding steroid dienone is 2. The van der Waals surface area contributed by atoms with E-state index < -0.39 is 24.0 Å². The van der Waals surface area contributed by atoms with Gasteiger partial charge in [0.2, 0.25) is 0 Å². The molecule has 154 valence electrons. The number of aliphatic carboxylic acids is 1. The van der Waals surface area contributed by atoms with E-state index in [1.165, 1.54) is 0 Å². The number of hydrogen-bond donors (Lipinski definition) is 2. The predicted octanol–water partition coefficient (Wildman–Crippen LogP) is 3.50. The van der Waals surface area contributed by atoms with Crippen molar-refractivity contribution in [2.24, 2.45) is 0 Å². The van der Waals surface area contributed by atoms with Crippen LogP contribution in [0.15, 0.2) is 11.6 Å². The minimum absolute atomic E-state index is 0.000143. The summed E-state index contributed by atoms with van der Waals surface area (Å²) in [5.41, 5.74) is 1.44. The van der Waals surface area contributed by atoms with Crippen molar-refractivity contribution in [3.63, 3.8) is 0 Å². The minimum Gasteiger partial charge on any atom is -0.481 e. The summed E-state index contributed by atoms with van der Waals surface area (Å²) in [6, 6.07) is 0. The van der Waals surface area contributed by atoms with Crippen LogP contribution in [-0.2, 0) is 27.4 Å². The van der Waals surface area contributed by atoms with Gasteiger partial charge in [-0.3, -0.25) is 9.59 Å². The summed E-state index contributed by atoms with van der Waals surface area (Å²) in [5.74, 6) is -1.66. The Labute approximate surface area is 164 Å². The summed E-state index contributed by atoms with van der Waals surface area (Å²) < 4.78 is 43.4. The van der Waals surface area contributed by atoms with E-state index in [-0.39, 0.29) is 48.2 Å². The molecule has 0 saturated carbocycles. The summed E-state index contributed by atoms with van der Waals surface area (Å²) in [7, 11) is 0. The lowest BCUT2D eigenvalue weighted by molar-refractivity contribution is -0.167. The Morgan fingerprint density at radius 3 is 2.55 bits per heavy atom. The molecule has 0 saturated heterocycles. The van der Waals surface area contributed by atoms with Crippen LogP contribution in [0.3, 0.4) is 0 Å². The molecule has 1 amide bonds. The molecule has 1 aromatic carbocycles. The number of fused-ring (bicyclic) bond motifs is 1. The second-order valence-corrected chi connectivity index (χ2v) is 6.53. The number of esters is 1. The van der Waals surface area contributed by atoms with E-state index in [0.717, 1.165) is 0 Å². The second-order valence-electron chi connectivity index (χ2n) is 6.53. The van der Waals surface area contributed by atoms with Gasteiger partial charge >= 0.3 is 24.0 Å². The van der Waals surface area contributed by atoms with Crippen molar-refractivity contribution in [2.45, 2.75) is 45.9 Å². The molecule has 0 aromatic heterocycles. The maximum atomic E-state index is 12.8. The molecule has 0 atom stereocenters. The van der Waals surface area contributed by atoms with Crippen LogP contribution >= 0.6 is 0 Å². The zero-order valence-corrected chi connectivity index (χ0v) is 15.7. The molecule has 1 aliphatic rings. The monoisotopic (exact) mass is 409 g/mol. The van der Waals surface area contributed by atoms with Crippen LogP contribution in [0, 0.1) is 19.3 Å². The molecule has 0 aliphatic carbocycles. The second kappa shape index (κ2) is 8.39. The van der Waals surface area contributed by atoms with E-state index in [2.05, 4.69) is 5.92 Å². The van der Waals surface area contributed by atoms with Crippen molar-refractivity contribution in [3.8, 4) is 12.3 Å². The maximum Gasteiger partial charge on any atom is 0.471 e. The number of carbonyl (C=O) groups is 3. The van der Waals surface area contributed by atoms with Gasteiger partial charge in [-0.1, -0.05) is 17.6 Å².